The van der Waals surface area contributed by atoms with Gasteiger partial charge >= 0.3 is 6.09 Å². The summed E-state index contributed by atoms with van der Waals surface area (Å²) in [6, 6.07) is 27.6. The molecule has 0 bridgehead atoms. The molecule has 5 heteroatoms. The molecule has 0 aliphatic rings. The third-order valence-corrected chi connectivity index (χ3v) is 4.57. The molecule has 3 rings (SSSR count). The SMILES string of the molecule is [CH2]C[C@@H](OC(=O)Nc1ccc(Cc2ccccc2)cc1)N(CN)c1ccccc1. The van der Waals surface area contributed by atoms with E-state index in [0.717, 1.165) is 12.1 Å². The first-order valence-corrected chi connectivity index (χ1v) is 9.61. The van der Waals surface area contributed by atoms with Crippen LogP contribution in [0.25, 0.3) is 0 Å². The van der Waals surface area contributed by atoms with Crippen LogP contribution in [-0.2, 0) is 11.2 Å². The fourth-order valence-corrected chi connectivity index (χ4v) is 3.10. The maximum Gasteiger partial charge on any atom is 0.413 e. The van der Waals surface area contributed by atoms with Gasteiger partial charge in [-0.2, -0.15) is 0 Å². The number of para-hydroxylation sites is 1. The van der Waals surface area contributed by atoms with Crippen LogP contribution in [0.1, 0.15) is 17.5 Å². The molecule has 149 valence electrons. The number of anilines is 2. The molecule has 1 radical (unpaired) electrons. The van der Waals surface area contributed by atoms with Crippen molar-refractivity contribution in [2.75, 3.05) is 16.9 Å². The lowest BCUT2D eigenvalue weighted by Crippen LogP contribution is -2.43. The van der Waals surface area contributed by atoms with Gasteiger partial charge in [0.1, 0.15) is 0 Å². The monoisotopic (exact) mass is 388 g/mol. The predicted molar refractivity (Wildman–Crippen MR) is 118 cm³/mol. The van der Waals surface area contributed by atoms with Crippen LogP contribution < -0.4 is 16.0 Å². The van der Waals surface area contributed by atoms with Gasteiger partial charge in [0.25, 0.3) is 0 Å². The van der Waals surface area contributed by atoms with Crippen LogP contribution in [0.5, 0.6) is 0 Å². The summed E-state index contributed by atoms with van der Waals surface area (Å²) in [4.78, 5) is 14.2. The minimum Gasteiger partial charge on any atom is -0.425 e. The van der Waals surface area contributed by atoms with E-state index in [0.29, 0.717) is 12.1 Å². The molecule has 0 spiro atoms. The molecule has 0 aliphatic heterocycles. The van der Waals surface area contributed by atoms with E-state index in [9.17, 15) is 4.79 Å². The first kappa shape index (κ1) is 20.4. The number of benzene rings is 3. The second-order valence-electron chi connectivity index (χ2n) is 6.62. The van der Waals surface area contributed by atoms with E-state index in [1.165, 1.54) is 11.1 Å². The van der Waals surface area contributed by atoms with Gasteiger partial charge in [0.15, 0.2) is 6.23 Å². The molecule has 29 heavy (non-hydrogen) atoms. The average molecular weight is 388 g/mol. The molecule has 5 nitrogen and oxygen atoms in total. The second kappa shape index (κ2) is 10.3. The summed E-state index contributed by atoms with van der Waals surface area (Å²) in [7, 11) is 0. The topological polar surface area (TPSA) is 67.6 Å². The number of nitrogens with zero attached hydrogens (tertiary/aromatic N) is 1. The first-order valence-electron chi connectivity index (χ1n) is 9.61. The number of hydrogen-bond acceptors (Lipinski definition) is 4. The number of hydrogen-bond donors (Lipinski definition) is 2. The van der Waals surface area contributed by atoms with Gasteiger partial charge in [0, 0.05) is 17.8 Å². The van der Waals surface area contributed by atoms with Gasteiger partial charge in [-0.25, -0.2) is 4.79 Å². The van der Waals surface area contributed by atoms with Crippen molar-refractivity contribution in [3.63, 3.8) is 0 Å². The zero-order chi connectivity index (χ0) is 20.5. The Labute approximate surface area is 172 Å². The molecule has 0 aliphatic carbocycles. The van der Waals surface area contributed by atoms with E-state index in [4.69, 9.17) is 10.5 Å². The van der Waals surface area contributed by atoms with Crippen LogP contribution in [0.2, 0.25) is 0 Å². The molecule has 1 atom stereocenters. The van der Waals surface area contributed by atoms with Crippen LogP contribution in [-0.4, -0.2) is 19.0 Å². The van der Waals surface area contributed by atoms with Gasteiger partial charge < -0.3 is 15.4 Å². The summed E-state index contributed by atoms with van der Waals surface area (Å²) in [5.74, 6) is 0. The van der Waals surface area contributed by atoms with Gasteiger partial charge in [-0.15, -0.1) is 0 Å². The average Bonchev–Trinajstić information content (AvgIpc) is 2.76. The van der Waals surface area contributed by atoms with Crippen LogP contribution >= 0.6 is 0 Å². The van der Waals surface area contributed by atoms with Crippen molar-refractivity contribution in [3.05, 3.63) is 103 Å². The highest BCUT2D eigenvalue weighted by atomic mass is 16.6. The molecule has 1 amide bonds. The van der Waals surface area contributed by atoms with Gasteiger partial charge in [-0.1, -0.05) is 60.7 Å². The molecule has 0 heterocycles. The van der Waals surface area contributed by atoms with Crippen molar-refractivity contribution in [2.24, 2.45) is 5.73 Å². The molecule has 0 saturated heterocycles. The number of carbonyl (C=O) groups excluding carboxylic acids is 1. The Hall–Kier alpha value is -3.31. The minimum atomic E-state index is -0.556. The van der Waals surface area contributed by atoms with Gasteiger partial charge in [-0.3, -0.25) is 5.32 Å². The Morgan fingerprint density at radius 3 is 2.10 bits per heavy atom. The lowest BCUT2D eigenvalue weighted by Gasteiger charge is -2.31. The number of amides is 1. The van der Waals surface area contributed by atoms with Crippen LogP contribution in [0.3, 0.4) is 0 Å². The van der Waals surface area contributed by atoms with Crippen molar-refractivity contribution in [3.8, 4) is 0 Å². The lowest BCUT2D eigenvalue weighted by atomic mass is 10.1. The Morgan fingerprint density at radius 1 is 0.931 bits per heavy atom. The Balaban J connectivity index is 1.59. The number of carbonyl (C=O) groups is 1. The molecule has 3 aromatic rings. The molecule has 0 fully saturated rings. The zero-order valence-electron chi connectivity index (χ0n) is 16.3. The van der Waals surface area contributed by atoms with E-state index in [1.807, 2.05) is 72.8 Å². The third kappa shape index (κ3) is 5.83. The number of rotatable bonds is 8. The zero-order valence-corrected chi connectivity index (χ0v) is 16.3. The summed E-state index contributed by atoms with van der Waals surface area (Å²) in [5.41, 5.74) is 9.84. The van der Waals surface area contributed by atoms with Crippen molar-refractivity contribution >= 4 is 17.5 Å². The quantitative estimate of drug-likeness (QED) is 0.544. The summed E-state index contributed by atoms with van der Waals surface area (Å²) in [6.07, 6.45) is 0.122. The highest BCUT2D eigenvalue weighted by molar-refractivity contribution is 5.84. The first-order chi connectivity index (χ1) is 14.2. The summed E-state index contributed by atoms with van der Waals surface area (Å²) in [5, 5.41) is 2.77. The fourth-order valence-electron chi connectivity index (χ4n) is 3.10. The standard InChI is InChI=1S/C24H26N3O2/c1-2-23(27(18-25)22-11-7-4-8-12-22)29-24(28)26-21-15-13-20(14-16-21)17-19-9-5-3-6-10-19/h3-16,23H,1-2,17-18,25H2,(H,26,28)/t23-/m1/s1. The van der Waals surface area contributed by atoms with Crippen molar-refractivity contribution in [2.45, 2.75) is 19.1 Å². The van der Waals surface area contributed by atoms with Crippen LogP contribution in [0, 0.1) is 6.92 Å². The number of ether oxygens (including phenoxy) is 1. The molecule has 0 saturated carbocycles. The summed E-state index contributed by atoms with van der Waals surface area (Å²) in [6.45, 7) is 4.10. The highest BCUT2D eigenvalue weighted by Gasteiger charge is 2.20. The van der Waals surface area contributed by atoms with Crippen molar-refractivity contribution < 1.29 is 9.53 Å². The van der Waals surface area contributed by atoms with E-state index in [2.05, 4.69) is 24.4 Å². The molecule has 3 N–H and O–H groups in total. The van der Waals surface area contributed by atoms with E-state index in [1.54, 1.807) is 4.90 Å². The maximum atomic E-state index is 12.4. The Morgan fingerprint density at radius 2 is 1.52 bits per heavy atom. The maximum absolute atomic E-state index is 12.4. The minimum absolute atomic E-state index is 0.214. The molecule has 0 unspecified atom stereocenters. The van der Waals surface area contributed by atoms with E-state index in [-0.39, 0.29) is 6.67 Å². The second-order valence-corrected chi connectivity index (χ2v) is 6.62. The molecular weight excluding hydrogens is 362 g/mol. The van der Waals surface area contributed by atoms with Crippen LogP contribution in [0.15, 0.2) is 84.9 Å². The Kier molecular flexibility index (Phi) is 7.25. The smallest absolute Gasteiger partial charge is 0.413 e. The van der Waals surface area contributed by atoms with Crippen molar-refractivity contribution in [1.29, 1.82) is 0 Å². The molecular formula is C24H26N3O2. The van der Waals surface area contributed by atoms with Gasteiger partial charge in [0.2, 0.25) is 0 Å². The third-order valence-electron chi connectivity index (χ3n) is 4.57. The van der Waals surface area contributed by atoms with E-state index < -0.39 is 12.3 Å². The fraction of sp³-hybridized carbons (Fsp3) is 0.167. The molecule has 0 aromatic heterocycles. The van der Waals surface area contributed by atoms with Gasteiger partial charge in [-0.05, 0) is 48.7 Å². The number of nitrogens with two attached hydrogens (primary N) is 1. The van der Waals surface area contributed by atoms with Crippen LogP contribution in [0.4, 0.5) is 16.2 Å². The summed E-state index contributed by atoms with van der Waals surface area (Å²) >= 11 is 0. The van der Waals surface area contributed by atoms with Crippen molar-refractivity contribution in [1.82, 2.24) is 0 Å². The van der Waals surface area contributed by atoms with E-state index >= 15 is 0 Å². The molecule has 3 aromatic carbocycles. The number of nitrogens with one attached hydrogen (secondary N) is 1. The highest BCUT2D eigenvalue weighted by Crippen LogP contribution is 2.19. The predicted octanol–water partition coefficient (Wildman–Crippen LogP) is 4.80. The largest absolute Gasteiger partial charge is 0.425 e. The lowest BCUT2D eigenvalue weighted by molar-refractivity contribution is 0.109. The normalized spacial score (nSPS) is 11.5. The van der Waals surface area contributed by atoms with Gasteiger partial charge in [0.05, 0.1) is 6.67 Å². The Bertz CT molecular complexity index is 883. The summed E-state index contributed by atoms with van der Waals surface area (Å²) < 4.78 is 5.57.